The Labute approximate surface area is 331 Å². The number of hydrogen-bond acceptors (Lipinski definition) is 17. The SMILES string of the molecule is CCC(=O)NC1C[C@H](n2cnc3c(N)nc(N4CCC(NC(=O)NC5CCN(c6nc(N)c7ncn([C@H]8CC(NC(=O)CC)[C@H](O)C8O)c7n6)C5)C4)nc32)C(O)[C@H]1O. The minimum atomic E-state index is -1.17. The molecule has 312 valence electrons. The molecule has 8 rings (SSSR count). The summed E-state index contributed by atoms with van der Waals surface area (Å²) in [5.41, 5.74) is 14.1. The van der Waals surface area contributed by atoms with Crippen LogP contribution in [-0.4, -0.2) is 152 Å². The van der Waals surface area contributed by atoms with E-state index in [1.54, 1.807) is 23.0 Å². The average Bonchev–Trinajstić information content (AvgIpc) is 4.07. The number of urea groups is 1. The highest BCUT2D eigenvalue weighted by Gasteiger charge is 2.45. The van der Waals surface area contributed by atoms with Gasteiger partial charge in [-0.25, -0.2) is 14.8 Å². The fourth-order valence-corrected chi connectivity index (χ4v) is 8.62. The Morgan fingerprint density at radius 2 is 1.07 bits per heavy atom. The summed E-state index contributed by atoms with van der Waals surface area (Å²) < 4.78 is 3.32. The summed E-state index contributed by atoms with van der Waals surface area (Å²) in [6.45, 7) is 5.34. The Morgan fingerprint density at radius 3 is 1.47 bits per heavy atom. The molecular formula is C35H50N16O7. The number of fused-ring (bicyclic) bond motifs is 2. The van der Waals surface area contributed by atoms with Gasteiger partial charge in [-0.3, -0.25) is 9.59 Å². The third kappa shape index (κ3) is 7.22. The van der Waals surface area contributed by atoms with E-state index in [9.17, 15) is 34.8 Å². The van der Waals surface area contributed by atoms with E-state index in [0.717, 1.165) is 0 Å². The Kier molecular flexibility index (Phi) is 10.5. The van der Waals surface area contributed by atoms with E-state index in [1.165, 1.54) is 12.7 Å². The lowest BCUT2D eigenvalue weighted by atomic mass is 10.2. The van der Waals surface area contributed by atoms with Crippen molar-refractivity contribution in [3.8, 4) is 0 Å². The lowest BCUT2D eigenvalue weighted by molar-refractivity contribution is -0.123. The van der Waals surface area contributed by atoms with Crippen molar-refractivity contribution in [3.63, 3.8) is 0 Å². The highest BCUT2D eigenvalue weighted by Crippen LogP contribution is 2.36. The second kappa shape index (κ2) is 15.6. The Bertz CT molecular complexity index is 2050. The second-order valence-corrected chi connectivity index (χ2v) is 15.6. The largest absolute Gasteiger partial charge is 0.388 e. The molecule has 4 aromatic rings. The molecule has 0 bridgehead atoms. The van der Waals surface area contributed by atoms with Crippen molar-refractivity contribution in [1.29, 1.82) is 0 Å². The first kappa shape index (κ1) is 39.2. The van der Waals surface area contributed by atoms with Gasteiger partial charge in [-0.2, -0.15) is 19.9 Å². The molecule has 10 atom stereocenters. The van der Waals surface area contributed by atoms with Crippen molar-refractivity contribution in [3.05, 3.63) is 12.7 Å². The number of nitrogen functional groups attached to an aromatic ring is 2. The molecule has 2 saturated heterocycles. The maximum absolute atomic E-state index is 13.2. The maximum atomic E-state index is 13.2. The van der Waals surface area contributed by atoms with E-state index >= 15 is 0 Å². The van der Waals surface area contributed by atoms with Crippen LogP contribution in [0.15, 0.2) is 12.7 Å². The van der Waals surface area contributed by atoms with Crippen molar-refractivity contribution >= 4 is 63.7 Å². The summed E-state index contributed by atoms with van der Waals surface area (Å²) >= 11 is 0. The molecule has 0 aromatic carbocycles. The van der Waals surface area contributed by atoms with Gasteiger partial charge in [-0.15, -0.1) is 0 Å². The Morgan fingerprint density at radius 1 is 0.655 bits per heavy atom. The van der Waals surface area contributed by atoms with Gasteiger partial charge in [-0.1, -0.05) is 13.8 Å². The molecule has 2 aliphatic heterocycles. The number of aliphatic hydroxyl groups is 4. The molecule has 4 amide bonds. The smallest absolute Gasteiger partial charge is 0.315 e. The third-order valence-electron chi connectivity index (χ3n) is 11.8. The number of hydrogen-bond donors (Lipinski definition) is 10. The van der Waals surface area contributed by atoms with Crippen LogP contribution in [-0.2, 0) is 9.59 Å². The molecule has 4 fully saturated rings. The minimum absolute atomic E-state index is 0.151. The summed E-state index contributed by atoms with van der Waals surface area (Å²) in [5, 5.41) is 54.8. The van der Waals surface area contributed by atoms with E-state index < -0.39 is 48.6 Å². The molecule has 12 N–H and O–H groups in total. The van der Waals surface area contributed by atoms with Gasteiger partial charge in [0.05, 0.1) is 36.8 Å². The quantitative estimate of drug-likeness (QED) is 0.0786. The molecule has 2 aliphatic carbocycles. The first-order chi connectivity index (χ1) is 27.8. The van der Waals surface area contributed by atoms with Gasteiger partial charge >= 0.3 is 6.03 Å². The van der Waals surface area contributed by atoms with Crippen LogP contribution in [0.25, 0.3) is 22.3 Å². The number of rotatable bonds is 10. The van der Waals surface area contributed by atoms with E-state index in [0.29, 0.717) is 73.2 Å². The topological polar surface area (TPSA) is 326 Å². The fourth-order valence-electron chi connectivity index (χ4n) is 8.62. The summed E-state index contributed by atoms with van der Waals surface area (Å²) in [7, 11) is 0. The zero-order valence-corrected chi connectivity index (χ0v) is 32.1. The summed E-state index contributed by atoms with van der Waals surface area (Å²) in [6, 6.07) is -3.27. The molecule has 58 heavy (non-hydrogen) atoms. The summed E-state index contributed by atoms with van der Waals surface area (Å²) in [6.07, 6.45) is 0.601. The molecule has 4 aliphatic rings. The number of anilines is 4. The molecular weight excluding hydrogens is 756 g/mol. The van der Waals surface area contributed by atoms with Gasteiger partial charge in [0.1, 0.15) is 35.4 Å². The van der Waals surface area contributed by atoms with Crippen LogP contribution in [0.2, 0.25) is 0 Å². The van der Waals surface area contributed by atoms with Crippen LogP contribution in [0.4, 0.5) is 28.3 Å². The number of aromatic nitrogens is 8. The standard InChI is InChI=1S/C35H50N16O7/c1-3-21(52)42-17-9-19(27(56)25(17)54)50-13-38-23-29(36)44-33(46-31(23)50)48-7-5-15(11-48)40-35(58)41-16-6-8-49(12-16)34-45-30(37)24-32(47-34)51(14-39-24)20-10-18(26(55)28(20)57)43-22(53)4-2/h13-20,25-28,54-57H,3-12H2,1-2H3,(H,42,52)(H,43,53)(H2,36,44,46)(H2,37,45,47)(H2,40,41,58)/t15?,16?,17?,18?,19-,20-,25-,26-,27?,28?/m0/s1. The molecule has 23 nitrogen and oxygen atoms in total. The highest BCUT2D eigenvalue weighted by atomic mass is 16.3. The average molecular weight is 807 g/mol. The number of nitrogens with two attached hydrogens (primary N) is 2. The van der Waals surface area contributed by atoms with E-state index in [2.05, 4.69) is 41.2 Å². The molecule has 4 aromatic heterocycles. The van der Waals surface area contributed by atoms with Crippen molar-refractivity contribution in [2.75, 3.05) is 47.4 Å². The maximum Gasteiger partial charge on any atom is 0.315 e. The molecule has 23 heteroatoms. The first-order valence-electron chi connectivity index (χ1n) is 19.7. The van der Waals surface area contributed by atoms with Crippen LogP contribution in [0.3, 0.4) is 0 Å². The molecule has 6 unspecified atom stereocenters. The van der Waals surface area contributed by atoms with Crippen LogP contribution < -0.4 is 42.5 Å². The van der Waals surface area contributed by atoms with E-state index in [4.69, 9.17) is 21.4 Å². The van der Waals surface area contributed by atoms with Crippen molar-refractivity contribution < 1.29 is 34.8 Å². The lowest BCUT2D eigenvalue weighted by Gasteiger charge is -2.21. The number of nitrogens with one attached hydrogen (secondary N) is 4. The van der Waals surface area contributed by atoms with Crippen LogP contribution >= 0.6 is 0 Å². The van der Waals surface area contributed by atoms with Gasteiger partial charge in [0, 0.05) is 51.1 Å². The zero-order valence-electron chi connectivity index (χ0n) is 32.1. The molecule has 0 radical (unpaired) electrons. The van der Waals surface area contributed by atoms with Crippen LogP contribution in [0, 0.1) is 0 Å². The van der Waals surface area contributed by atoms with Crippen LogP contribution in [0.1, 0.15) is 64.5 Å². The lowest BCUT2D eigenvalue weighted by Crippen LogP contribution is -2.48. The number of imidazole rings is 2. The molecule has 0 spiro atoms. The molecule has 6 heterocycles. The number of amides is 4. The Balaban J connectivity index is 0.883. The van der Waals surface area contributed by atoms with E-state index in [1.807, 2.05) is 9.80 Å². The number of aliphatic hydroxyl groups excluding tert-OH is 4. The molecule has 2 saturated carbocycles. The van der Waals surface area contributed by atoms with Gasteiger partial charge in [0.2, 0.25) is 23.7 Å². The van der Waals surface area contributed by atoms with Crippen molar-refractivity contribution in [1.82, 2.24) is 60.3 Å². The fraction of sp³-hybridized carbons (Fsp3) is 0.629. The van der Waals surface area contributed by atoms with Gasteiger partial charge in [-0.05, 0) is 25.7 Å². The summed E-state index contributed by atoms with van der Waals surface area (Å²) in [4.78, 5) is 68.3. The number of carbonyl (C=O) groups excluding carboxylic acids is 3. The predicted molar refractivity (Wildman–Crippen MR) is 208 cm³/mol. The minimum Gasteiger partial charge on any atom is -0.388 e. The van der Waals surface area contributed by atoms with Gasteiger partial charge in [0.15, 0.2) is 22.9 Å². The van der Waals surface area contributed by atoms with Crippen molar-refractivity contribution in [2.45, 2.75) is 113 Å². The van der Waals surface area contributed by atoms with Crippen molar-refractivity contribution in [2.24, 2.45) is 0 Å². The number of carbonyl (C=O) groups is 3. The predicted octanol–water partition coefficient (Wildman–Crippen LogP) is -2.59. The van der Waals surface area contributed by atoms with Gasteiger partial charge in [0.25, 0.3) is 0 Å². The second-order valence-electron chi connectivity index (χ2n) is 15.6. The van der Waals surface area contributed by atoms with Gasteiger partial charge < -0.3 is 72.1 Å². The monoisotopic (exact) mass is 806 g/mol. The highest BCUT2D eigenvalue weighted by molar-refractivity contribution is 5.84. The normalized spacial score (nSPS) is 29.8. The van der Waals surface area contributed by atoms with E-state index in [-0.39, 0.29) is 67.2 Å². The first-order valence-corrected chi connectivity index (χ1v) is 19.7. The number of nitrogens with zero attached hydrogens (tertiary/aromatic N) is 10. The summed E-state index contributed by atoms with van der Waals surface area (Å²) in [5.74, 6) is 0.529. The van der Waals surface area contributed by atoms with Crippen LogP contribution in [0.5, 0.6) is 0 Å². The Hall–Kier alpha value is -5.65. The third-order valence-corrected chi connectivity index (χ3v) is 11.8. The zero-order chi connectivity index (χ0) is 41.0.